The molecule has 0 aliphatic carbocycles. The van der Waals surface area contributed by atoms with Crippen LogP contribution in [0.5, 0.6) is 17.2 Å². The Morgan fingerprint density at radius 2 is 0.909 bits per heavy atom. The Balaban J connectivity index is 1.87. The van der Waals surface area contributed by atoms with E-state index in [1.165, 1.54) is 0 Å². The van der Waals surface area contributed by atoms with E-state index in [2.05, 4.69) is 0 Å². The summed E-state index contributed by atoms with van der Waals surface area (Å²) in [7, 11) is 3.05. The van der Waals surface area contributed by atoms with Gasteiger partial charge in [-0.2, -0.15) is 0 Å². The van der Waals surface area contributed by atoms with Gasteiger partial charge in [0.15, 0.2) is 0 Å². The van der Waals surface area contributed by atoms with E-state index in [-0.39, 0.29) is 5.92 Å². The van der Waals surface area contributed by atoms with Gasteiger partial charge < -0.3 is 28.9 Å². The molecule has 1 unspecified atom stereocenters. The molecule has 3 rings (SSSR count). The molecule has 3 aromatic rings. The highest BCUT2D eigenvalue weighted by molar-refractivity contribution is 6.32. The minimum atomic E-state index is -1.86. The molecule has 0 radical (unpaired) electrons. The van der Waals surface area contributed by atoms with Crippen LogP contribution in [0.1, 0.15) is 16.7 Å². The summed E-state index contributed by atoms with van der Waals surface area (Å²) in [6.07, 6.45) is 1.49. The normalized spacial score (nSPS) is 11.8. The van der Waals surface area contributed by atoms with Gasteiger partial charge in [0.1, 0.15) is 17.2 Å². The maximum Gasteiger partial charge on any atom is 0.634 e. The minimum absolute atomic E-state index is 0.0179. The van der Waals surface area contributed by atoms with Crippen molar-refractivity contribution in [3.8, 4) is 17.2 Å². The first-order valence-electron chi connectivity index (χ1n) is 10.9. The summed E-state index contributed by atoms with van der Waals surface area (Å²) in [5, 5.41) is 19.4. The first-order chi connectivity index (χ1) is 16.0. The van der Waals surface area contributed by atoms with E-state index < -0.39 is 13.4 Å². The first kappa shape index (κ1) is 24.6. The van der Waals surface area contributed by atoms with E-state index in [4.69, 9.17) is 18.9 Å². The molecule has 6 nitrogen and oxygen atoms in total. The molecule has 0 aliphatic rings. The fourth-order valence-electron chi connectivity index (χ4n) is 3.94. The van der Waals surface area contributed by atoms with Crippen molar-refractivity contribution in [1.29, 1.82) is 0 Å². The molecule has 0 aromatic heterocycles. The number of methoxy groups -OCH3 is 3. The predicted molar refractivity (Wildman–Crippen MR) is 129 cm³/mol. The third-order valence-electron chi connectivity index (χ3n) is 5.73. The lowest BCUT2D eigenvalue weighted by Gasteiger charge is -2.28. The summed E-state index contributed by atoms with van der Waals surface area (Å²) in [5.41, 5.74) is 3.26. The lowest BCUT2D eigenvalue weighted by molar-refractivity contribution is 0.0731. The van der Waals surface area contributed by atoms with Gasteiger partial charge in [-0.25, -0.2) is 0 Å². The third kappa shape index (κ3) is 7.53. The van der Waals surface area contributed by atoms with Crippen LogP contribution in [0, 0.1) is 5.92 Å². The molecule has 2 N–H and O–H groups in total. The lowest BCUT2D eigenvalue weighted by Crippen LogP contribution is -2.35. The van der Waals surface area contributed by atoms with Crippen molar-refractivity contribution in [2.75, 3.05) is 21.3 Å². The summed E-state index contributed by atoms with van der Waals surface area (Å²) in [6.45, 7) is 0. The van der Waals surface area contributed by atoms with Crippen molar-refractivity contribution in [2.24, 2.45) is 5.92 Å². The topological polar surface area (TPSA) is 77.4 Å². The fourth-order valence-corrected chi connectivity index (χ4v) is 3.94. The Morgan fingerprint density at radius 3 is 1.21 bits per heavy atom. The molecule has 1 atom stereocenters. The molecule has 0 heterocycles. The number of benzene rings is 3. The largest absolute Gasteiger partial charge is 0.634 e. The van der Waals surface area contributed by atoms with Crippen LogP contribution in [0.2, 0.25) is 0 Å². The van der Waals surface area contributed by atoms with Crippen molar-refractivity contribution in [1.82, 2.24) is 0 Å². The van der Waals surface area contributed by atoms with Crippen LogP contribution < -0.4 is 14.2 Å². The second-order valence-corrected chi connectivity index (χ2v) is 7.92. The molecule has 174 valence electrons. The maximum absolute atomic E-state index is 9.68. The van der Waals surface area contributed by atoms with Crippen LogP contribution in [-0.4, -0.2) is 44.8 Å². The average molecular weight is 450 g/mol. The number of hydrogen-bond acceptors (Lipinski definition) is 6. The average Bonchev–Trinajstić information content (AvgIpc) is 2.84. The lowest BCUT2D eigenvalue weighted by atomic mass is 9.84. The van der Waals surface area contributed by atoms with Gasteiger partial charge in [-0.15, -0.1) is 0 Å². The molecule has 33 heavy (non-hydrogen) atoms. The van der Waals surface area contributed by atoms with Gasteiger partial charge in [-0.1, -0.05) is 36.4 Å². The van der Waals surface area contributed by atoms with Crippen molar-refractivity contribution >= 4 is 7.32 Å². The third-order valence-corrected chi connectivity index (χ3v) is 5.73. The summed E-state index contributed by atoms with van der Waals surface area (Å²) < 4.78 is 21.4. The van der Waals surface area contributed by atoms with Gasteiger partial charge in [0.2, 0.25) is 0 Å². The summed E-state index contributed by atoms with van der Waals surface area (Å²) in [4.78, 5) is 0. The number of rotatable bonds is 12. The van der Waals surface area contributed by atoms with Crippen LogP contribution in [0.25, 0.3) is 0 Å². The van der Waals surface area contributed by atoms with Gasteiger partial charge in [0, 0.05) is 0 Å². The zero-order valence-electron chi connectivity index (χ0n) is 19.3. The van der Waals surface area contributed by atoms with Crippen molar-refractivity contribution in [3.63, 3.8) is 0 Å². The van der Waals surface area contributed by atoms with Crippen molar-refractivity contribution in [2.45, 2.75) is 25.4 Å². The van der Waals surface area contributed by atoms with Crippen molar-refractivity contribution < 1.29 is 28.9 Å². The van der Waals surface area contributed by atoms with E-state index >= 15 is 0 Å². The number of ether oxygens (including phenoxy) is 3. The van der Waals surface area contributed by atoms with E-state index in [9.17, 15) is 10.0 Å². The highest BCUT2D eigenvalue weighted by Gasteiger charge is 2.28. The molecule has 0 aliphatic heterocycles. The zero-order chi connectivity index (χ0) is 23.6. The Bertz CT molecular complexity index is 908. The Morgan fingerprint density at radius 1 is 0.576 bits per heavy atom. The van der Waals surface area contributed by atoms with Crippen LogP contribution in [0.15, 0.2) is 72.8 Å². The Labute approximate surface area is 195 Å². The molecular formula is C26H31BO6. The van der Waals surface area contributed by atoms with Gasteiger partial charge in [-0.3, -0.25) is 0 Å². The van der Waals surface area contributed by atoms with Crippen LogP contribution in [-0.2, 0) is 23.9 Å². The van der Waals surface area contributed by atoms with Gasteiger partial charge in [0.05, 0.1) is 27.4 Å². The SMILES string of the molecule is COc1ccc(CC(Cc2ccc(OC)cc2)C(Cc2ccc(OC)cc2)OB(O)O)cc1. The summed E-state index contributed by atoms with van der Waals surface area (Å²) >= 11 is 0. The number of hydrogen-bond donors (Lipinski definition) is 2. The van der Waals surface area contributed by atoms with E-state index in [0.29, 0.717) is 19.3 Å². The monoisotopic (exact) mass is 450 g/mol. The molecule has 3 aromatic carbocycles. The van der Waals surface area contributed by atoms with E-state index in [0.717, 1.165) is 33.9 Å². The first-order valence-corrected chi connectivity index (χ1v) is 10.9. The molecule has 0 fully saturated rings. The smallest absolute Gasteiger partial charge is 0.497 e. The Kier molecular flexibility index (Phi) is 9.19. The molecule has 7 heteroatoms. The molecule has 0 amide bonds. The second-order valence-electron chi connectivity index (χ2n) is 7.92. The zero-order valence-corrected chi connectivity index (χ0v) is 19.3. The molecule has 0 bridgehead atoms. The van der Waals surface area contributed by atoms with E-state index in [1.807, 2.05) is 72.8 Å². The highest BCUT2D eigenvalue weighted by Crippen LogP contribution is 2.26. The van der Waals surface area contributed by atoms with Crippen LogP contribution in [0.4, 0.5) is 0 Å². The van der Waals surface area contributed by atoms with E-state index in [1.54, 1.807) is 21.3 Å². The quantitative estimate of drug-likeness (QED) is 0.410. The summed E-state index contributed by atoms with van der Waals surface area (Å²) in [5.74, 6) is 2.34. The highest BCUT2D eigenvalue weighted by atomic mass is 16.6. The van der Waals surface area contributed by atoms with Gasteiger partial charge in [0.25, 0.3) is 0 Å². The van der Waals surface area contributed by atoms with Crippen molar-refractivity contribution in [3.05, 3.63) is 89.5 Å². The maximum atomic E-state index is 9.68. The van der Waals surface area contributed by atoms with Gasteiger partial charge >= 0.3 is 7.32 Å². The molecular weight excluding hydrogens is 419 g/mol. The molecule has 0 spiro atoms. The van der Waals surface area contributed by atoms with Crippen LogP contribution in [0.3, 0.4) is 0 Å². The fraction of sp³-hybridized carbons (Fsp3) is 0.308. The molecule has 0 saturated heterocycles. The summed E-state index contributed by atoms with van der Waals surface area (Å²) in [6, 6.07) is 23.6. The van der Waals surface area contributed by atoms with Crippen LogP contribution >= 0.6 is 0 Å². The minimum Gasteiger partial charge on any atom is -0.497 e. The molecule has 0 saturated carbocycles. The second kappa shape index (κ2) is 12.3. The predicted octanol–water partition coefficient (Wildman–Crippen LogP) is 3.71. The Hall–Kier alpha value is -3.00. The van der Waals surface area contributed by atoms with Gasteiger partial charge in [-0.05, 0) is 78.3 Å². The standard InChI is InChI=1S/C26H31BO6/c1-30-23-10-4-19(5-11-23)16-22(17-20-6-12-24(31-2)13-7-20)26(33-27(28)29)18-21-8-14-25(32-3)15-9-21/h4-15,22,26,28-29H,16-18H2,1-3H3.